The molecule has 1 saturated carbocycles. The maximum atomic E-state index is 15.3. The van der Waals surface area contributed by atoms with Crippen molar-refractivity contribution >= 4 is 39.8 Å². The molecule has 0 unspecified atom stereocenters. The molecule has 3 fully saturated rings. The number of nitrogens with one attached hydrogen (secondary N) is 2. The maximum absolute atomic E-state index is 15.3. The highest BCUT2D eigenvalue weighted by molar-refractivity contribution is 6.02. The maximum Gasteiger partial charge on any atom is 0.247 e. The van der Waals surface area contributed by atoms with E-state index in [0.717, 1.165) is 67.2 Å². The zero-order chi connectivity index (χ0) is 33.8. The summed E-state index contributed by atoms with van der Waals surface area (Å²) >= 11 is 0. The minimum Gasteiger partial charge on any atom is -0.494 e. The molecule has 49 heavy (non-hydrogen) atoms. The quantitative estimate of drug-likeness (QED) is 0.161. The number of carbonyl (C=O) groups is 1. The first-order valence-corrected chi connectivity index (χ1v) is 16.6. The summed E-state index contributed by atoms with van der Waals surface area (Å²) in [5, 5.41) is 7.27. The summed E-state index contributed by atoms with van der Waals surface area (Å²) in [6, 6.07) is 15.8. The highest BCUT2D eigenvalue weighted by Gasteiger charge is 2.39. The minimum absolute atomic E-state index is 0.198. The van der Waals surface area contributed by atoms with E-state index in [9.17, 15) is 9.18 Å². The number of hydrogen-bond donors (Lipinski definition) is 2. The highest BCUT2D eigenvalue weighted by atomic mass is 19.1. The molecular formula is C38H37F2N7O2. The molecular weight excluding hydrogens is 624 g/mol. The highest BCUT2D eigenvalue weighted by Crippen LogP contribution is 2.45. The Morgan fingerprint density at radius 2 is 1.76 bits per heavy atom. The van der Waals surface area contributed by atoms with Crippen molar-refractivity contribution in [1.82, 2.24) is 19.4 Å². The van der Waals surface area contributed by atoms with E-state index in [4.69, 9.17) is 9.72 Å². The predicted octanol–water partition coefficient (Wildman–Crippen LogP) is 7.25. The van der Waals surface area contributed by atoms with E-state index in [2.05, 4.69) is 55.9 Å². The molecule has 0 radical (unpaired) electrons. The van der Waals surface area contributed by atoms with Crippen molar-refractivity contribution in [3.63, 3.8) is 0 Å². The topological polar surface area (TPSA) is 87.5 Å². The fraction of sp³-hybridized carbons (Fsp3) is 0.289. The summed E-state index contributed by atoms with van der Waals surface area (Å²) in [6.07, 6.45) is 7.05. The van der Waals surface area contributed by atoms with Crippen molar-refractivity contribution in [2.24, 2.45) is 11.8 Å². The van der Waals surface area contributed by atoms with Gasteiger partial charge in [0.1, 0.15) is 17.4 Å². The Hall–Kier alpha value is -5.29. The summed E-state index contributed by atoms with van der Waals surface area (Å²) in [6.45, 7) is 7.49. The van der Waals surface area contributed by atoms with Crippen LogP contribution in [-0.4, -0.2) is 65.7 Å². The molecule has 9 nitrogen and oxygen atoms in total. The zero-order valence-electron chi connectivity index (χ0n) is 27.4. The summed E-state index contributed by atoms with van der Waals surface area (Å²) in [5.74, 6) is 0.214. The molecule has 2 atom stereocenters. The van der Waals surface area contributed by atoms with Crippen LogP contribution in [0.15, 0.2) is 79.6 Å². The Morgan fingerprint density at radius 3 is 2.47 bits per heavy atom. The van der Waals surface area contributed by atoms with E-state index in [1.165, 1.54) is 18.2 Å². The van der Waals surface area contributed by atoms with Gasteiger partial charge in [0.25, 0.3) is 0 Å². The van der Waals surface area contributed by atoms with Crippen LogP contribution in [0.3, 0.4) is 0 Å². The van der Waals surface area contributed by atoms with Gasteiger partial charge in [-0.15, -0.1) is 0 Å². The molecule has 250 valence electrons. The number of methoxy groups -OCH3 is 1. The van der Waals surface area contributed by atoms with Gasteiger partial charge in [0.05, 0.1) is 29.9 Å². The normalized spacial score (nSPS) is 18.9. The molecule has 2 aromatic heterocycles. The SMILES string of the molecule is C=CC(=O)Nc1cc(Nc2ncc(-c3ccc(F)cc3F)c(-c3cn(C4CC4)c4ccccc34)n2)c(OC)cc1N1C[C@H]2CN(C)C[C@H]2C1. The number of amides is 1. The summed E-state index contributed by atoms with van der Waals surface area (Å²) in [7, 11) is 3.75. The second-order valence-electron chi connectivity index (χ2n) is 13.3. The number of fused-ring (bicyclic) bond motifs is 2. The van der Waals surface area contributed by atoms with E-state index in [1.807, 2.05) is 30.3 Å². The van der Waals surface area contributed by atoms with E-state index in [1.54, 1.807) is 13.3 Å². The van der Waals surface area contributed by atoms with E-state index in [0.29, 0.717) is 46.3 Å². The first-order chi connectivity index (χ1) is 23.8. The van der Waals surface area contributed by atoms with Crippen molar-refractivity contribution in [1.29, 1.82) is 0 Å². The zero-order valence-corrected chi connectivity index (χ0v) is 27.4. The number of halogens is 2. The average Bonchev–Trinajstić information content (AvgIpc) is 3.62. The lowest BCUT2D eigenvalue weighted by atomic mass is 10.00. The molecule has 4 heterocycles. The third-order valence-corrected chi connectivity index (χ3v) is 9.96. The summed E-state index contributed by atoms with van der Waals surface area (Å²) in [4.78, 5) is 26.9. The lowest BCUT2D eigenvalue weighted by Crippen LogP contribution is -2.27. The molecule has 2 N–H and O–H groups in total. The largest absolute Gasteiger partial charge is 0.494 e. The lowest BCUT2D eigenvalue weighted by Gasteiger charge is -2.26. The molecule has 5 aromatic rings. The van der Waals surface area contributed by atoms with Crippen LogP contribution < -0.4 is 20.3 Å². The Morgan fingerprint density at radius 1 is 0.980 bits per heavy atom. The minimum atomic E-state index is -0.700. The Bertz CT molecular complexity index is 2100. The number of aromatic nitrogens is 3. The number of carbonyl (C=O) groups excluding carboxylic acids is 1. The van der Waals surface area contributed by atoms with Gasteiger partial charge in [0.2, 0.25) is 11.9 Å². The number of ether oxygens (including phenoxy) is 1. The van der Waals surface area contributed by atoms with E-state index >= 15 is 4.39 Å². The van der Waals surface area contributed by atoms with Crippen LogP contribution in [0.4, 0.5) is 31.8 Å². The Kier molecular flexibility index (Phi) is 7.79. The van der Waals surface area contributed by atoms with Crippen molar-refractivity contribution < 1.29 is 18.3 Å². The summed E-state index contributed by atoms with van der Waals surface area (Å²) in [5.41, 5.74) is 5.04. The second kappa shape index (κ2) is 12.3. The van der Waals surface area contributed by atoms with Crippen LogP contribution in [-0.2, 0) is 4.79 Å². The number of rotatable bonds is 9. The monoisotopic (exact) mass is 661 g/mol. The number of hydrogen-bond acceptors (Lipinski definition) is 7. The molecule has 1 amide bonds. The predicted molar refractivity (Wildman–Crippen MR) is 188 cm³/mol. The van der Waals surface area contributed by atoms with Gasteiger partial charge in [0.15, 0.2) is 0 Å². The molecule has 2 saturated heterocycles. The van der Waals surface area contributed by atoms with Crippen LogP contribution in [0, 0.1) is 23.5 Å². The molecule has 11 heteroatoms. The average molecular weight is 662 g/mol. The molecule has 3 aliphatic rings. The van der Waals surface area contributed by atoms with Crippen LogP contribution in [0.1, 0.15) is 18.9 Å². The number of para-hydroxylation sites is 1. The number of nitrogens with zero attached hydrogens (tertiary/aromatic N) is 5. The second-order valence-corrected chi connectivity index (χ2v) is 13.3. The number of likely N-dealkylation sites (tertiary alicyclic amines) is 1. The van der Waals surface area contributed by atoms with Gasteiger partial charge in [0, 0.05) is 84.3 Å². The van der Waals surface area contributed by atoms with Crippen molar-refractivity contribution in [2.75, 3.05) is 55.9 Å². The van der Waals surface area contributed by atoms with Crippen LogP contribution in [0.2, 0.25) is 0 Å². The molecule has 8 rings (SSSR count). The molecule has 0 spiro atoms. The van der Waals surface area contributed by atoms with Gasteiger partial charge >= 0.3 is 0 Å². The van der Waals surface area contributed by atoms with Gasteiger partial charge in [-0.25, -0.2) is 18.7 Å². The Labute approximate surface area is 283 Å². The van der Waals surface area contributed by atoms with Crippen molar-refractivity contribution in [3.8, 4) is 28.1 Å². The van der Waals surface area contributed by atoms with Crippen LogP contribution in [0.5, 0.6) is 5.75 Å². The van der Waals surface area contributed by atoms with E-state index in [-0.39, 0.29) is 17.4 Å². The fourth-order valence-corrected chi connectivity index (χ4v) is 7.53. The molecule has 2 aliphatic heterocycles. The van der Waals surface area contributed by atoms with Gasteiger partial charge in [-0.05, 0) is 62.1 Å². The fourth-order valence-electron chi connectivity index (χ4n) is 7.53. The van der Waals surface area contributed by atoms with E-state index < -0.39 is 11.6 Å². The molecule has 3 aromatic carbocycles. The standard InChI is InChI=1S/C38H37F2N7O2/c1-4-36(48)42-31-14-32(35(49-3)15-34(31)46-19-22-17-45(2)18-23(22)20-46)43-38-41-16-28(26-12-9-24(39)13-30(26)40)37(44-38)29-21-47(25-10-11-25)33-8-6-5-7-27(29)33/h4-9,12-16,21-23,25H,1,10-11,17-20H2,2-3H3,(H,42,48)(H,41,43,44)/t22-,23+. The number of anilines is 4. The van der Waals surface area contributed by atoms with Crippen LogP contribution >= 0.6 is 0 Å². The van der Waals surface area contributed by atoms with Crippen LogP contribution in [0.25, 0.3) is 33.3 Å². The third kappa shape index (κ3) is 5.78. The smallest absolute Gasteiger partial charge is 0.247 e. The Balaban J connectivity index is 1.22. The lowest BCUT2D eigenvalue weighted by molar-refractivity contribution is -0.111. The first-order valence-electron chi connectivity index (χ1n) is 16.6. The molecule has 0 bridgehead atoms. The first kappa shape index (κ1) is 31.0. The van der Waals surface area contributed by atoms with Gasteiger partial charge in [-0.3, -0.25) is 4.79 Å². The van der Waals surface area contributed by atoms with Crippen molar-refractivity contribution in [3.05, 3.63) is 91.3 Å². The van der Waals surface area contributed by atoms with Gasteiger partial charge in [-0.2, -0.15) is 0 Å². The number of benzene rings is 3. The van der Waals surface area contributed by atoms with Gasteiger partial charge < -0.3 is 29.7 Å². The molecule has 1 aliphatic carbocycles. The summed E-state index contributed by atoms with van der Waals surface area (Å²) < 4.78 is 37.4. The van der Waals surface area contributed by atoms with Crippen molar-refractivity contribution in [2.45, 2.75) is 18.9 Å². The third-order valence-electron chi connectivity index (χ3n) is 9.96. The van der Waals surface area contributed by atoms with Gasteiger partial charge in [-0.1, -0.05) is 24.8 Å².